The Morgan fingerprint density at radius 2 is 2.20 bits per heavy atom. The molecule has 1 heterocycles. The van der Waals surface area contributed by atoms with Crippen LogP contribution in [0.25, 0.3) is 0 Å². The second-order valence-corrected chi connectivity index (χ2v) is 5.03. The topological polar surface area (TPSA) is 69.6 Å². The van der Waals surface area contributed by atoms with Gasteiger partial charge in [-0.1, -0.05) is 19.1 Å². The molecule has 0 radical (unpaired) electrons. The van der Waals surface area contributed by atoms with Gasteiger partial charge < -0.3 is 15.3 Å². The van der Waals surface area contributed by atoms with E-state index in [1.807, 2.05) is 31.2 Å². The molecule has 1 aliphatic rings. The molecule has 0 aliphatic carbocycles. The molecule has 5 heteroatoms. The number of amides is 2. The van der Waals surface area contributed by atoms with Crippen molar-refractivity contribution < 1.29 is 14.7 Å². The number of aryl methyl sites for hydroxylation is 1. The number of likely N-dealkylation sites (tertiary alicyclic amines) is 1. The molecule has 1 aliphatic heterocycles. The largest absolute Gasteiger partial charge is 0.480 e. The Morgan fingerprint density at radius 3 is 2.90 bits per heavy atom. The molecule has 2 amide bonds. The van der Waals surface area contributed by atoms with Crippen LogP contribution in [0.15, 0.2) is 24.3 Å². The molecule has 0 bridgehead atoms. The van der Waals surface area contributed by atoms with Crippen molar-refractivity contribution in [2.24, 2.45) is 0 Å². The molecule has 0 saturated carbocycles. The lowest BCUT2D eigenvalue weighted by Crippen LogP contribution is -2.49. The predicted molar refractivity (Wildman–Crippen MR) is 76.8 cm³/mol. The van der Waals surface area contributed by atoms with E-state index in [2.05, 4.69) is 5.32 Å². The average Bonchev–Trinajstić information content (AvgIpc) is 2.47. The first-order chi connectivity index (χ1) is 9.61. The summed E-state index contributed by atoms with van der Waals surface area (Å²) in [6, 6.07) is 6.58. The van der Waals surface area contributed by atoms with Crippen molar-refractivity contribution in [2.75, 3.05) is 11.9 Å². The Balaban J connectivity index is 2.07. The van der Waals surface area contributed by atoms with Crippen molar-refractivity contribution in [1.82, 2.24) is 4.90 Å². The highest BCUT2D eigenvalue weighted by Gasteiger charge is 2.31. The van der Waals surface area contributed by atoms with Gasteiger partial charge in [-0.25, -0.2) is 9.59 Å². The van der Waals surface area contributed by atoms with E-state index in [1.54, 1.807) is 0 Å². The second-order valence-electron chi connectivity index (χ2n) is 5.03. The zero-order valence-electron chi connectivity index (χ0n) is 11.6. The summed E-state index contributed by atoms with van der Waals surface area (Å²) in [6.07, 6.45) is 3.13. The number of carbonyl (C=O) groups is 2. The zero-order chi connectivity index (χ0) is 14.5. The summed E-state index contributed by atoms with van der Waals surface area (Å²) >= 11 is 0. The summed E-state index contributed by atoms with van der Waals surface area (Å²) in [7, 11) is 0. The van der Waals surface area contributed by atoms with Gasteiger partial charge in [-0.15, -0.1) is 0 Å². The predicted octanol–water partition coefficient (Wildman–Crippen LogP) is 2.72. The number of hydrogen-bond donors (Lipinski definition) is 2. The van der Waals surface area contributed by atoms with E-state index in [1.165, 1.54) is 4.90 Å². The minimum absolute atomic E-state index is 0.328. The van der Waals surface area contributed by atoms with Gasteiger partial charge in [0.05, 0.1) is 0 Å². The fraction of sp³-hybridized carbons (Fsp3) is 0.467. The summed E-state index contributed by atoms with van der Waals surface area (Å²) in [4.78, 5) is 24.9. The third kappa shape index (κ3) is 3.29. The zero-order valence-corrected chi connectivity index (χ0v) is 11.6. The van der Waals surface area contributed by atoms with Crippen molar-refractivity contribution in [3.8, 4) is 0 Å². The molecule has 2 N–H and O–H groups in total. The van der Waals surface area contributed by atoms with Crippen LogP contribution in [-0.4, -0.2) is 34.6 Å². The molecular formula is C15H20N2O3. The number of anilines is 1. The molecule has 1 aromatic carbocycles. The van der Waals surface area contributed by atoms with Gasteiger partial charge in [-0.05, 0) is 43.4 Å². The Hall–Kier alpha value is -2.04. The summed E-state index contributed by atoms with van der Waals surface area (Å²) in [5.74, 6) is -0.929. The van der Waals surface area contributed by atoms with Crippen molar-refractivity contribution in [3.05, 3.63) is 29.8 Å². The highest BCUT2D eigenvalue weighted by Crippen LogP contribution is 2.19. The van der Waals surface area contributed by atoms with Crippen LogP contribution in [-0.2, 0) is 11.2 Å². The number of benzene rings is 1. The molecule has 1 fully saturated rings. The molecule has 2 rings (SSSR count). The van der Waals surface area contributed by atoms with Gasteiger partial charge in [0.2, 0.25) is 0 Å². The fourth-order valence-electron chi connectivity index (χ4n) is 2.50. The summed E-state index contributed by atoms with van der Waals surface area (Å²) < 4.78 is 0. The van der Waals surface area contributed by atoms with E-state index in [0.29, 0.717) is 18.7 Å². The van der Waals surface area contributed by atoms with Crippen molar-refractivity contribution in [2.45, 2.75) is 38.6 Å². The molecule has 108 valence electrons. The van der Waals surface area contributed by atoms with Crippen molar-refractivity contribution in [3.63, 3.8) is 0 Å². The van der Waals surface area contributed by atoms with Gasteiger partial charge >= 0.3 is 12.0 Å². The first-order valence-corrected chi connectivity index (χ1v) is 7.01. The lowest BCUT2D eigenvalue weighted by molar-refractivity contribution is -0.143. The lowest BCUT2D eigenvalue weighted by Gasteiger charge is -2.32. The number of nitrogens with zero attached hydrogens (tertiary/aromatic N) is 1. The average molecular weight is 276 g/mol. The number of nitrogens with one attached hydrogen (secondary N) is 1. The van der Waals surface area contributed by atoms with Crippen LogP contribution in [0.1, 0.15) is 31.7 Å². The van der Waals surface area contributed by atoms with Crippen LogP contribution in [0.5, 0.6) is 0 Å². The smallest absolute Gasteiger partial charge is 0.326 e. The molecular weight excluding hydrogens is 256 g/mol. The van der Waals surface area contributed by atoms with Crippen LogP contribution in [0, 0.1) is 0 Å². The van der Waals surface area contributed by atoms with E-state index in [4.69, 9.17) is 0 Å². The van der Waals surface area contributed by atoms with E-state index in [-0.39, 0.29) is 6.03 Å². The number of carbonyl (C=O) groups excluding carboxylic acids is 1. The third-order valence-corrected chi connectivity index (χ3v) is 3.64. The Morgan fingerprint density at radius 1 is 1.40 bits per heavy atom. The monoisotopic (exact) mass is 276 g/mol. The summed E-state index contributed by atoms with van der Waals surface area (Å²) in [5, 5.41) is 12.0. The number of urea groups is 1. The normalized spacial score (nSPS) is 18.6. The number of carboxylic acids is 1. The van der Waals surface area contributed by atoms with Crippen molar-refractivity contribution >= 4 is 17.7 Å². The Labute approximate surface area is 118 Å². The van der Waals surface area contributed by atoms with E-state index >= 15 is 0 Å². The van der Waals surface area contributed by atoms with Crippen LogP contribution >= 0.6 is 0 Å². The van der Waals surface area contributed by atoms with Crippen LogP contribution in [0.4, 0.5) is 10.5 Å². The maximum absolute atomic E-state index is 12.2. The maximum atomic E-state index is 12.2. The Bertz CT molecular complexity index is 502. The summed E-state index contributed by atoms with van der Waals surface area (Å²) in [6.45, 7) is 2.54. The third-order valence-electron chi connectivity index (χ3n) is 3.64. The first kappa shape index (κ1) is 14.4. The van der Waals surface area contributed by atoms with Gasteiger partial charge in [0.1, 0.15) is 6.04 Å². The van der Waals surface area contributed by atoms with Crippen LogP contribution in [0.3, 0.4) is 0 Å². The van der Waals surface area contributed by atoms with Gasteiger partial charge in [-0.2, -0.15) is 0 Å². The fourth-order valence-corrected chi connectivity index (χ4v) is 2.50. The highest BCUT2D eigenvalue weighted by atomic mass is 16.4. The van der Waals surface area contributed by atoms with Gasteiger partial charge in [0.25, 0.3) is 0 Å². The minimum atomic E-state index is -0.929. The summed E-state index contributed by atoms with van der Waals surface area (Å²) in [5.41, 5.74) is 1.85. The highest BCUT2D eigenvalue weighted by molar-refractivity contribution is 5.92. The van der Waals surface area contributed by atoms with E-state index < -0.39 is 12.0 Å². The van der Waals surface area contributed by atoms with E-state index in [0.717, 1.165) is 24.8 Å². The SMILES string of the molecule is CCc1cccc(NC(=O)N2CCCCC2C(=O)O)c1. The second kappa shape index (κ2) is 6.41. The van der Waals surface area contributed by atoms with Gasteiger partial charge in [0.15, 0.2) is 0 Å². The number of carboxylic acid groups (broad SMARTS) is 1. The standard InChI is InChI=1S/C15H20N2O3/c1-2-11-6-5-7-12(10-11)16-15(20)17-9-4-3-8-13(17)14(18)19/h5-7,10,13H,2-4,8-9H2,1H3,(H,16,20)(H,18,19). The Kier molecular flexibility index (Phi) is 4.61. The number of aliphatic carboxylic acids is 1. The number of hydrogen-bond acceptors (Lipinski definition) is 2. The quantitative estimate of drug-likeness (QED) is 0.891. The molecule has 1 unspecified atom stereocenters. The molecule has 0 aromatic heterocycles. The number of piperidine rings is 1. The van der Waals surface area contributed by atoms with Crippen LogP contribution < -0.4 is 5.32 Å². The minimum Gasteiger partial charge on any atom is -0.480 e. The number of rotatable bonds is 3. The molecule has 5 nitrogen and oxygen atoms in total. The lowest BCUT2D eigenvalue weighted by atomic mass is 10.0. The van der Waals surface area contributed by atoms with Gasteiger partial charge in [0, 0.05) is 12.2 Å². The first-order valence-electron chi connectivity index (χ1n) is 7.01. The van der Waals surface area contributed by atoms with Crippen LogP contribution in [0.2, 0.25) is 0 Å². The molecule has 1 atom stereocenters. The molecule has 1 aromatic rings. The molecule has 0 spiro atoms. The van der Waals surface area contributed by atoms with Crippen molar-refractivity contribution in [1.29, 1.82) is 0 Å². The molecule has 1 saturated heterocycles. The van der Waals surface area contributed by atoms with Gasteiger partial charge in [-0.3, -0.25) is 0 Å². The van der Waals surface area contributed by atoms with E-state index in [9.17, 15) is 14.7 Å². The maximum Gasteiger partial charge on any atom is 0.326 e. The molecule has 20 heavy (non-hydrogen) atoms.